The quantitative estimate of drug-likeness (QED) is 0.382. The molecule has 12 heteroatoms. The van der Waals surface area contributed by atoms with E-state index in [2.05, 4.69) is 15.5 Å². The number of amides is 1. The normalized spacial score (nSPS) is 11.9. The van der Waals surface area contributed by atoms with Crippen LogP contribution in [-0.4, -0.2) is 25.4 Å². The third kappa shape index (κ3) is 4.69. The number of benzene rings is 1. The largest absolute Gasteiger partial charge is 0.417 e. The number of carbonyl (C=O) groups excluding carboxylic acids is 1. The molecule has 0 saturated carbocycles. The number of non-ortho nitro benzene ring substituents is 1. The van der Waals surface area contributed by atoms with Crippen molar-refractivity contribution < 1.29 is 22.9 Å². The highest BCUT2D eigenvalue weighted by Gasteiger charge is 2.32. The van der Waals surface area contributed by atoms with Gasteiger partial charge in [0.25, 0.3) is 5.69 Å². The lowest BCUT2D eigenvalue weighted by atomic mass is 10.2. The third-order valence-corrected chi connectivity index (χ3v) is 4.06. The SMILES string of the molecule is O=C(/C=C/c1cccc([N+](=O)[O-])c1)NCc1nnc2c(Cl)cc(C(F)(F)F)cn12. The zero-order valence-electron chi connectivity index (χ0n) is 14.4. The average Bonchev–Trinajstić information content (AvgIpc) is 3.08. The predicted molar refractivity (Wildman–Crippen MR) is 97.0 cm³/mol. The van der Waals surface area contributed by atoms with E-state index < -0.39 is 22.6 Å². The molecule has 0 saturated heterocycles. The number of alkyl halides is 3. The summed E-state index contributed by atoms with van der Waals surface area (Å²) in [6, 6.07) is 6.39. The highest BCUT2D eigenvalue weighted by atomic mass is 35.5. The summed E-state index contributed by atoms with van der Waals surface area (Å²) in [4.78, 5) is 22.2. The van der Waals surface area contributed by atoms with Crippen molar-refractivity contribution in [1.82, 2.24) is 19.9 Å². The minimum atomic E-state index is -4.61. The molecule has 3 aromatic rings. The van der Waals surface area contributed by atoms with Crippen LogP contribution in [0.4, 0.5) is 18.9 Å². The first-order chi connectivity index (χ1) is 13.6. The lowest BCUT2D eigenvalue weighted by molar-refractivity contribution is -0.384. The minimum Gasteiger partial charge on any atom is -0.345 e. The summed E-state index contributed by atoms with van der Waals surface area (Å²) in [6.45, 7) is -0.211. The van der Waals surface area contributed by atoms with Gasteiger partial charge in [-0.05, 0) is 17.7 Å². The second-order valence-electron chi connectivity index (χ2n) is 5.79. The molecule has 0 unspecified atom stereocenters. The fraction of sp³-hybridized carbons (Fsp3) is 0.118. The van der Waals surface area contributed by atoms with Gasteiger partial charge in [-0.1, -0.05) is 23.7 Å². The van der Waals surface area contributed by atoms with Crippen LogP contribution in [0.25, 0.3) is 11.7 Å². The Balaban J connectivity index is 1.73. The maximum atomic E-state index is 13.0. The maximum Gasteiger partial charge on any atom is 0.417 e. The summed E-state index contributed by atoms with van der Waals surface area (Å²) in [5.74, 6) is -0.531. The lowest BCUT2D eigenvalue weighted by Gasteiger charge is -2.09. The van der Waals surface area contributed by atoms with E-state index >= 15 is 0 Å². The number of carbonyl (C=O) groups is 1. The Morgan fingerprint density at radius 1 is 1.31 bits per heavy atom. The van der Waals surface area contributed by atoms with Gasteiger partial charge in [-0.25, -0.2) is 0 Å². The number of nitro benzene ring substituents is 1. The number of nitrogens with one attached hydrogen (secondary N) is 1. The van der Waals surface area contributed by atoms with Gasteiger partial charge in [0.1, 0.15) is 0 Å². The van der Waals surface area contributed by atoms with Gasteiger partial charge >= 0.3 is 6.18 Å². The van der Waals surface area contributed by atoms with E-state index in [-0.39, 0.29) is 28.7 Å². The van der Waals surface area contributed by atoms with Crippen LogP contribution >= 0.6 is 11.6 Å². The van der Waals surface area contributed by atoms with Crippen LogP contribution in [0.15, 0.2) is 42.6 Å². The fourth-order valence-corrected chi connectivity index (χ4v) is 2.66. The molecule has 8 nitrogen and oxygen atoms in total. The lowest BCUT2D eigenvalue weighted by Crippen LogP contribution is -2.22. The van der Waals surface area contributed by atoms with Crippen molar-refractivity contribution >= 4 is 34.9 Å². The van der Waals surface area contributed by atoms with E-state index in [1.165, 1.54) is 24.3 Å². The van der Waals surface area contributed by atoms with Gasteiger partial charge < -0.3 is 5.32 Å². The number of rotatable bonds is 5. The topological polar surface area (TPSA) is 102 Å². The summed E-state index contributed by atoms with van der Waals surface area (Å²) in [5, 5.41) is 20.4. The van der Waals surface area contributed by atoms with Gasteiger partial charge in [0.15, 0.2) is 11.5 Å². The Kier molecular flexibility index (Phi) is 5.50. The average molecular weight is 426 g/mol. The number of hydrogen-bond acceptors (Lipinski definition) is 5. The smallest absolute Gasteiger partial charge is 0.345 e. The third-order valence-electron chi connectivity index (χ3n) is 3.79. The van der Waals surface area contributed by atoms with E-state index in [1.54, 1.807) is 6.07 Å². The van der Waals surface area contributed by atoms with Gasteiger partial charge in [-0.15, -0.1) is 10.2 Å². The van der Waals surface area contributed by atoms with E-state index in [0.717, 1.165) is 22.7 Å². The molecule has 150 valence electrons. The number of pyridine rings is 1. The van der Waals surface area contributed by atoms with Crippen molar-refractivity contribution in [3.8, 4) is 0 Å². The van der Waals surface area contributed by atoms with Gasteiger partial charge in [0.05, 0.1) is 22.1 Å². The minimum absolute atomic E-state index is 0.0241. The Bertz CT molecular complexity index is 1130. The highest BCUT2D eigenvalue weighted by molar-refractivity contribution is 6.33. The van der Waals surface area contributed by atoms with Crippen LogP contribution in [0.1, 0.15) is 17.0 Å². The van der Waals surface area contributed by atoms with Crippen molar-refractivity contribution in [3.05, 3.63) is 74.7 Å². The van der Waals surface area contributed by atoms with Crippen molar-refractivity contribution in [1.29, 1.82) is 0 Å². The van der Waals surface area contributed by atoms with E-state index in [0.29, 0.717) is 5.56 Å². The zero-order chi connectivity index (χ0) is 21.2. The molecule has 0 aliphatic rings. The summed E-state index contributed by atoms with van der Waals surface area (Å²) >= 11 is 5.83. The summed E-state index contributed by atoms with van der Waals surface area (Å²) in [5.41, 5.74) is -0.646. The number of aromatic nitrogens is 3. The molecule has 2 aromatic heterocycles. The molecule has 3 rings (SSSR count). The highest BCUT2D eigenvalue weighted by Crippen LogP contribution is 2.32. The number of nitro groups is 1. The summed E-state index contributed by atoms with van der Waals surface area (Å²) < 4.78 is 39.9. The molecular formula is C17H11ClF3N5O3. The van der Waals surface area contributed by atoms with Crippen molar-refractivity contribution in [2.45, 2.75) is 12.7 Å². The van der Waals surface area contributed by atoms with Crippen molar-refractivity contribution in [2.24, 2.45) is 0 Å². The Labute approximate surface area is 165 Å². The summed E-state index contributed by atoms with van der Waals surface area (Å²) in [6.07, 6.45) is -1.31. The molecule has 0 radical (unpaired) electrons. The van der Waals surface area contributed by atoms with E-state index in [4.69, 9.17) is 11.6 Å². The first-order valence-corrected chi connectivity index (χ1v) is 8.33. The first-order valence-electron chi connectivity index (χ1n) is 7.96. The fourth-order valence-electron chi connectivity index (χ4n) is 2.41. The van der Waals surface area contributed by atoms with Crippen LogP contribution in [0.5, 0.6) is 0 Å². The second-order valence-corrected chi connectivity index (χ2v) is 6.19. The summed E-state index contributed by atoms with van der Waals surface area (Å²) in [7, 11) is 0. The second kappa shape index (κ2) is 7.87. The molecular weight excluding hydrogens is 415 g/mol. The number of hydrogen-bond donors (Lipinski definition) is 1. The maximum absolute atomic E-state index is 13.0. The van der Waals surface area contributed by atoms with Crippen LogP contribution in [0.2, 0.25) is 5.02 Å². The van der Waals surface area contributed by atoms with Crippen LogP contribution < -0.4 is 5.32 Å². The molecule has 29 heavy (non-hydrogen) atoms. The molecule has 0 atom stereocenters. The van der Waals surface area contributed by atoms with Gasteiger partial charge in [-0.2, -0.15) is 13.2 Å². The monoisotopic (exact) mass is 425 g/mol. The molecule has 1 N–H and O–H groups in total. The number of fused-ring (bicyclic) bond motifs is 1. The van der Waals surface area contributed by atoms with Crippen LogP contribution in [0, 0.1) is 10.1 Å². The van der Waals surface area contributed by atoms with E-state index in [9.17, 15) is 28.1 Å². The Hall–Kier alpha value is -3.47. The molecule has 1 aromatic carbocycles. The molecule has 1 amide bonds. The van der Waals surface area contributed by atoms with Gasteiger partial charge in [0, 0.05) is 24.4 Å². The Morgan fingerprint density at radius 2 is 2.07 bits per heavy atom. The standard InChI is InChI=1S/C17H11ClF3N5O3/c18-13-7-11(17(19,20)21)9-25-14(23-24-16(13)25)8-22-15(27)5-4-10-2-1-3-12(6-10)26(28)29/h1-7,9H,8H2,(H,22,27)/b5-4+. The van der Waals surface area contributed by atoms with E-state index in [1.807, 2.05) is 0 Å². The van der Waals surface area contributed by atoms with Crippen molar-refractivity contribution in [2.75, 3.05) is 0 Å². The molecule has 2 heterocycles. The van der Waals surface area contributed by atoms with Gasteiger partial charge in [0.2, 0.25) is 5.91 Å². The molecule has 0 bridgehead atoms. The Morgan fingerprint density at radius 3 is 2.76 bits per heavy atom. The van der Waals surface area contributed by atoms with Crippen molar-refractivity contribution in [3.63, 3.8) is 0 Å². The van der Waals surface area contributed by atoms with Gasteiger partial charge in [-0.3, -0.25) is 19.3 Å². The molecule has 0 spiro atoms. The van der Waals surface area contributed by atoms with Crippen LogP contribution in [-0.2, 0) is 17.5 Å². The predicted octanol–water partition coefficient (Wildman–Crippen LogP) is 3.64. The first kappa shape index (κ1) is 20.3. The number of nitrogens with zero attached hydrogens (tertiary/aromatic N) is 4. The zero-order valence-corrected chi connectivity index (χ0v) is 15.1. The molecule has 0 aliphatic heterocycles. The number of halogens is 4. The molecule has 0 aliphatic carbocycles. The van der Waals surface area contributed by atoms with Crippen LogP contribution in [0.3, 0.4) is 0 Å². The molecule has 0 fully saturated rings.